The van der Waals surface area contributed by atoms with Gasteiger partial charge in [-0.05, 0) is 38.0 Å². The van der Waals surface area contributed by atoms with E-state index in [1.165, 1.54) is 17.5 Å². The smallest absolute Gasteiger partial charge is 0.341 e. The normalized spacial score (nSPS) is 15.4. The van der Waals surface area contributed by atoms with Gasteiger partial charge in [-0.15, -0.1) is 11.3 Å². The number of hydrogen-bond donors (Lipinski definition) is 2. The van der Waals surface area contributed by atoms with E-state index in [1.807, 2.05) is 0 Å². The number of anilines is 2. The van der Waals surface area contributed by atoms with Crippen LogP contribution in [0.5, 0.6) is 0 Å². The molecule has 1 aliphatic rings. The summed E-state index contributed by atoms with van der Waals surface area (Å²) in [7, 11) is 0. The maximum Gasteiger partial charge on any atom is 0.416 e. The third-order valence-corrected chi connectivity index (χ3v) is 5.07. The highest BCUT2D eigenvalue weighted by atomic mass is 32.1. The van der Waals surface area contributed by atoms with E-state index in [-0.39, 0.29) is 22.4 Å². The number of rotatable bonds is 5. The molecule has 150 valence electrons. The third kappa shape index (κ3) is 4.80. The van der Waals surface area contributed by atoms with Crippen LogP contribution in [0.2, 0.25) is 0 Å². The van der Waals surface area contributed by atoms with E-state index in [0.717, 1.165) is 36.3 Å². The van der Waals surface area contributed by atoms with Crippen molar-refractivity contribution in [1.82, 2.24) is 15.2 Å². The summed E-state index contributed by atoms with van der Waals surface area (Å²) in [6.45, 7) is 3.01. The van der Waals surface area contributed by atoms with Gasteiger partial charge in [0, 0.05) is 24.2 Å². The molecule has 1 aromatic carbocycles. The molecule has 2 N–H and O–H groups in total. The molecular weight excluding hydrogens is 393 g/mol. The number of alkyl halides is 3. The van der Waals surface area contributed by atoms with Gasteiger partial charge in [0.25, 0.3) is 5.91 Å². The van der Waals surface area contributed by atoms with Crippen LogP contribution in [0, 0.1) is 0 Å². The fraction of sp³-hybridized carbons (Fsp3) is 0.389. The van der Waals surface area contributed by atoms with Crippen molar-refractivity contribution in [3.8, 4) is 0 Å². The van der Waals surface area contributed by atoms with Crippen molar-refractivity contribution in [3.63, 3.8) is 0 Å². The molecule has 3 rings (SSSR count). The molecule has 10 heteroatoms. The van der Waals surface area contributed by atoms with E-state index < -0.39 is 23.7 Å². The molecular formula is C18H19F3N4O2S. The molecule has 0 bridgehead atoms. The molecule has 1 atom stereocenters. The minimum absolute atomic E-state index is 0.0977. The van der Waals surface area contributed by atoms with Gasteiger partial charge < -0.3 is 15.5 Å². The van der Waals surface area contributed by atoms with Crippen molar-refractivity contribution in [3.05, 3.63) is 40.9 Å². The van der Waals surface area contributed by atoms with E-state index in [1.54, 1.807) is 11.8 Å². The van der Waals surface area contributed by atoms with Gasteiger partial charge in [-0.3, -0.25) is 9.59 Å². The first-order chi connectivity index (χ1) is 13.2. The fourth-order valence-corrected chi connectivity index (χ4v) is 3.59. The minimum atomic E-state index is -4.44. The number of aromatic nitrogens is 1. The molecule has 2 heterocycles. The molecule has 2 amide bonds. The molecule has 6 nitrogen and oxygen atoms in total. The molecule has 1 unspecified atom stereocenters. The molecule has 0 spiro atoms. The van der Waals surface area contributed by atoms with Crippen LogP contribution in [0.15, 0.2) is 29.6 Å². The highest BCUT2D eigenvalue weighted by Gasteiger charge is 2.30. The van der Waals surface area contributed by atoms with Gasteiger partial charge in [0.2, 0.25) is 5.91 Å². The Morgan fingerprint density at radius 2 is 1.96 bits per heavy atom. The number of halogens is 3. The first-order valence-corrected chi connectivity index (χ1v) is 9.61. The Labute approximate surface area is 163 Å². The van der Waals surface area contributed by atoms with Crippen LogP contribution >= 0.6 is 11.3 Å². The lowest BCUT2D eigenvalue weighted by atomic mass is 10.2. The standard InChI is InChI=1S/C18H19F3N4O2S/c1-11(16(27)25-7-2-3-8-25)22-15(26)14-10-28-17(24-14)23-13-6-4-5-12(9-13)18(19,20)21/h4-6,9-11H,2-3,7-8H2,1H3,(H,22,26)(H,23,24). The number of benzene rings is 1. The first kappa shape index (κ1) is 20.1. The van der Waals surface area contributed by atoms with E-state index in [9.17, 15) is 22.8 Å². The topological polar surface area (TPSA) is 74.3 Å². The number of thiazole rings is 1. The number of nitrogens with one attached hydrogen (secondary N) is 2. The Balaban J connectivity index is 1.62. The van der Waals surface area contributed by atoms with Crippen LogP contribution < -0.4 is 10.6 Å². The molecule has 1 saturated heterocycles. The summed E-state index contributed by atoms with van der Waals surface area (Å²) < 4.78 is 38.4. The number of likely N-dealkylation sites (tertiary alicyclic amines) is 1. The lowest BCUT2D eigenvalue weighted by Crippen LogP contribution is -2.46. The van der Waals surface area contributed by atoms with Crippen molar-refractivity contribution in [2.45, 2.75) is 32.0 Å². The quantitative estimate of drug-likeness (QED) is 0.786. The van der Waals surface area contributed by atoms with E-state index >= 15 is 0 Å². The van der Waals surface area contributed by atoms with Gasteiger partial charge in [-0.1, -0.05) is 6.07 Å². The summed E-state index contributed by atoms with van der Waals surface area (Å²) >= 11 is 1.09. The predicted octanol–water partition coefficient (Wildman–Crippen LogP) is 3.65. The Hall–Kier alpha value is -2.62. The largest absolute Gasteiger partial charge is 0.416 e. The second-order valence-electron chi connectivity index (χ2n) is 6.47. The monoisotopic (exact) mass is 412 g/mol. The zero-order valence-corrected chi connectivity index (χ0v) is 15.9. The fourth-order valence-electron chi connectivity index (χ4n) is 2.88. The van der Waals surface area contributed by atoms with Gasteiger partial charge in [0.1, 0.15) is 11.7 Å². The van der Waals surface area contributed by atoms with Gasteiger partial charge in [0.05, 0.1) is 5.56 Å². The summed E-state index contributed by atoms with van der Waals surface area (Å²) in [4.78, 5) is 30.4. The number of hydrogen-bond acceptors (Lipinski definition) is 5. The van der Waals surface area contributed by atoms with Crippen LogP contribution in [0.3, 0.4) is 0 Å². The van der Waals surface area contributed by atoms with Crippen LogP contribution in [-0.4, -0.2) is 40.8 Å². The van der Waals surface area contributed by atoms with Crippen molar-refractivity contribution in [2.75, 3.05) is 18.4 Å². The number of nitrogens with zero attached hydrogens (tertiary/aromatic N) is 2. The van der Waals surface area contributed by atoms with E-state index in [4.69, 9.17) is 0 Å². The summed E-state index contributed by atoms with van der Waals surface area (Å²) in [5, 5.41) is 7.15. The third-order valence-electron chi connectivity index (χ3n) is 4.31. The summed E-state index contributed by atoms with van der Waals surface area (Å²) in [5.74, 6) is -0.642. The van der Waals surface area contributed by atoms with Crippen molar-refractivity contribution >= 4 is 34.0 Å². The average molecular weight is 412 g/mol. The molecule has 2 aromatic rings. The second-order valence-corrected chi connectivity index (χ2v) is 7.33. The van der Waals surface area contributed by atoms with Crippen LogP contribution in [0.25, 0.3) is 0 Å². The maximum atomic E-state index is 12.8. The number of carbonyl (C=O) groups excluding carboxylic acids is 2. The summed E-state index contributed by atoms with van der Waals surface area (Å²) in [5.41, 5.74) is -0.462. The zero-order valence-electron chi connectivity index (χ0n) is 15.0. The van der Waals surface area contributed by atoms with Gasteiger partial charge in [-0.25, -0.2) is 4.98 Å². The Kier molecular flexibility index (Phi) is 5.87. The van der Waals surface area contributed by atoms with Crippen molar-refractivity contribution in [1.29, 1.82) is 0 Å². The highest BCUT2D eigenvalue weighted by molar-refractivity contribution is 7.14. The zero-order chi connectivity index (χ0) is 20.3. The van der Waals surface area contributed by atoms with Crippen LogP contribution in [-0.2, 0) is 11.0 Å². The molecule has 0 radical (unpaired) electrons. The van der Waals surface area contributed by atoms with Crippen LogP contribution in [0.4, 0.5) is 24.0 Å². The average Bonchev–Trinajstić information content (AvgIpc) is 3.32. The van der Waals surface area contributed by atoms with E-state index in [2.05, 4.69) is 15.6 Å². The van der Waals surface area contributed by atoms with E-state index in [0.29, 0.717) is 13.1 Å². The van der Waals surface area contributed by atoms with Gasteiger partial charge in [0.15, 0.2) is 5.13 Å². The van der Waals surface area contributed by atoms with Gasteiger partial charge >= 0.3 is 6.18 Å². The van der Waals surface area contributed by atoms with Crippen LogP contribution in [0.1, 0.15) is 35.8 Å². The summed E-state index contributed by atoms with van der Waals surface area (Å²) in [6.07, 6.45) is -2.52. The molecule has 0 saturated carbocycles. The highest BCUT2D eigenvalue weighted by Crippen LogP contribution is 2.31. The number of carbonyl (C=O) groups is 2. The van der Waals surface area contributed by atoms with Gasteiger partial charge in [-0.2, -0.15) is 13.2 Å². The molecule has 1 fully saturated rings. The number of amides is 2. The molecule has 1 aromatic heterocycles. The Morgan fingerprint density at radius 3 is 2.64 bits per heavy atom. The summed E-state index contributed by atoms with van der Waals surface area (Å²) in [6, 6.07) is 4.04. The first-order valence-electron chi connectivity index (χ1n) is 8.73. The lowest BCUT2D eigenvalue weighted by molar-refractivity contribution is -0.137. The molecule has 0 aliphatic carbocycles. The molecule has 1 aliphatic heterocycles. The molecule has 28 heavy (non-hydrogen) atoms. The maximum absolute atomic E-state index is 12.8. The SMILES string of the molecule is CC(NC(=O)c1csc(Nc2cccc(C(F)(F)F)c2)n1)C(=O)N1CCCC1. The van der Waals surface area contributed by atoms with Crippen molar-refractivity contribution in [2.24, 2.45) is 0 Å². The minimum Gasteiger partial charge on any atom is -0.341 e. The van der Waals surface area contributed by atoms with Crippen molar-refractivity contribution < 1.29 is 22.8 Å². The Bertz CT molecular complexity index is 863. The Morgan fingerprint density at radius 1 is 1.25 bits per heavy atom. The predicted molar refractivity (Wildman–Crippen MR) is 99.6 cm³/mol. The second kappa shape index (κ2) is 8.17. The lowest BCUT2D eigenvalue weighted by Gasteiger charge is -2.20.